The van der Waals surface area contributed by atoms with Gasteiger partial charge >= 0.3 is 0 Å². The fraction of sp³-hybridized carbons (Fsp3) is 0.381. The minimum atomic E-state index is -0.561. The lowest BCUT2D eigenvalue weighted by molar-refractivity contribution is -0.122. The summed E-state index contributed by atoms with van der Waals surface area (Å²) in [5, 5.41) is 3.03. The molecule has 0 saturated carbocycles. The standard InChI is InChI=1S/C21H27NO2/c1-6-17-11-9-10-15(4)20(17)22-21(23)16(5)24-19-13-8-7-12-18(19)14(2)3/h7-14,16H,6H2,1-5H3,(H,22,23)/t16-/m1/s1. The zero-order valence-electron chi connectivity index (χ0n) is 15.2. The van der Waals surface area contributed by atoms with E-state index in [1.807, 2.05) is 49.4 Å². The van der Waals surface area contributed by atoms with Gasteiger partial charge in [0.25, 0.3) is 5.91 Å². The zero-order valence-corrected chi connectivity index (χ0v) is 15.2. The molecule has 0 radical (unpaired) electrons. The molecule has 1 atom stereocenters. The Morgan fingerprint density at radius 3 is 2.46 bits per heavy atom. The molecule has 0 aliphatic heterocycles. The number of nitrogens with one attached hydrogen (secondary N) is 1. The Hall–Kier alpha value is -2.29. The quantitative estimate of drug-likeness (QED) is 0.803. The number of hydrogen-bond donors (Lipinski definition) is 1. The summed E-state index contributed by atoms with van der Waals surface area (Å²) in [6.07, 6.45) is 0.317. The summed E-state index contributed by atoms with van der Waals surface area (Å²) < 4.78 is 5.94. The number of para-hydroxylation sites is 2. The van der Waals surface area contributed by atoms with Crippen LogP contribution in [0.1, 0.15) is 50.3 Å². The molecule has 0 aromatic heterocycles. The van der Waals surface area contributed by atoms with Crippen molar-refractivity contribution in [2.75, 3.05) is 5.32 Å². The molecular formula is C21H27NO2. The van der Waals surface area contributed by atoms with Crippen LogP contribution in [0.5, 0.6) is 5.75 Å². The number of ether oxygens (including phenoxy) is 1. The number of anilines is 1. The molecule has 24 heavy (non-hydrogen) atoms. The second kappa shape index (κ2) is 8.00. The van der Waals surface area contributed by atoms with Crippen LogP contribution in [0.2, 0.25) is 0 Å². The SMILES string of the molecule is CCc1cccc(C)c1NC(=O)[C@@H](C)Oc1ccccc1C(C)C. The molecule has 2 aromatic rings. The molecule has 0 spiro atoms. The monoisotopic (exact) mass is 325 g/mol. The lowest BCUT2D eigenvalue weighted by Crippen LogP contribution is -2.31. The van der Waals surface area contributed by atoms with Crippen LogP contribution in [-0.2, 0) is 11.2 Å². The lowest BCUT2D eigenvalue weighted by atomic mass is 10.0. The van der Waals surface area contributed by atoms with Gasteiger partial charge in [-0.2, -0.15) is 0 Å². The third kappa shape index (κ3) is 4.16. The van der Waals surface area contributed by atoms with Crippen molar-refractivity contribution < 1.29 is 9.53 Å². The second-order valence-electron chi connectivity index (χ2n) is 6.40. The van der Waals surface area contributed by atoms with Gasteiger partial charge in [0, 0.05) is 5.69 Å². The van der Waals surface area contributed by atoms with Gasteiger partial charge in [-0.15, -0.1) is 0 Å². The summed E-state index contributed by atoms with van der Waals surface area (Å²) >= 11 is 0. The first-order valence-electron chi connectivity index (χ1n) is 8.59. The predicted octanol–water partition coefficient (Wildman–Crippen LogP) is 5.09. The van der Waals surface area contributed by atoms with Gasteiger partial charge in [-0.1, -0.05) is 57.2 Å². The van der Waals surface area contributed by atoms with Crippen LogP contribution < -0.4 is 10.1 Å². The van der Waals surface area contributed by atoms with E-state index in [4.69, 9.17) is 4.74 Å². The maximum Gasteiger partial charge on any atom is 0.265 e. The van der Waals surface area contributed by atoms with E-state index in [0.717, 1.165) is 34.5 Å². The molecule has 0 aliphatic rings. The highest BCUT2D eigenvalue weighted by Gasteiger charge is 2.19. The van der Waals surface area contributed by atoms with Gasteiger partial charge in [0.2, 0.25) is 0 Å². The first kappa shape index (κ1) is 18.1. The Labute approximate surface area is 145 Å². The fourth-order valence-electron chi connectivity index (χ4n) is 2.74. The third-order valence-electron chi connectivity index (χ3n) is 4.20. The molecule has 3 nitrogen and oxygen atoms in total. The number of carbonyl (C=O) groups is 1. The Bertz CT molecular complexity index is 707. The number of rotatable bonds is 6. The van der Waals surface area contributed by atoms with E-state index in [9.17, 15) is 4.79 Å². The van der Waals surface area contributed by atoms with Crippen molar-refractivity contribution in [3.8, 4) is 5.75 Å². The van der Waals surface area contributed by atoms with Gasteiger partial charge < -0.3 is 10.1 Å². The number of carbonyl (C=O) groups excluding carboxylic acids is 1. The minimum Gasteiger partial charge on any atom is -0.481 e. The van der Waals surface area contributed by atoms with E-state index >= 15 is 0 Å². The molecule has 0 heterocycles. The third-order valence-corrected chi connectivity index (χ3v) is 4.20. The maximum absolute atomic E-state index is 12.6. The molecule has 0 saturated heterocycles. The Balaban J connectivity index is 2.14. The average Bonchev–Trinajstić information content (AvgIpc) is 2.56. The number of hydrogen-bond acceptors (Lipinski definition) is 2. The van der Waals surface area contributed by atoms with Crippen LogP contribution in [0.25, 0.3) is 0 Å². The van der Waals surface area contributed by atoms with Gasteiger partial charge in [-0.25, -0.2) is 0 Å². The van der Waals surface area contributed by atoms with Crippen molar-refractivity contribution in [2.24, 2.45) is 0 Å². The van der Waals surface area contributed by atoms with Gasteiger partial charge in [-0.05, 0) is 48.9 Å². The van der Waals surface area contributed by atoms with E-state index < -0.39 is 6.10 Å². The Morgan fingerprint density at radius 1 is 1.08 bits per heavy atom. The Kier molecular flexibility index (Phi) is 6.02. The van der Waals surface area contributed by atoms with Crippen LogP contribution in [-0.4, -0.2) is 12.0 Å². The Morgan fingerprint density at radius 2 is 1.79 bits per heavy atom. The smallest absolute Gasteiger partial charge is 0.265 e. The van der Waals surface area contributed by atoms with E-state index in [-0.39, 0.29) is 5.91 Å². The van der Waals surface area contributed by atoms with Crippen LogP contribution in [0, 0.1) is 6.92 Å². The summed E-state index contributed by atoms with van der Waals surface area (Å²) in [6, 6.07) is 14.0. The molecule has 0 unspecified atom stereocenters. The maximum atomic E-state index is 12.6. The number of benzene rings is 2. The fourth-order valence-corrected chi connectivity index (χ4v) is 2.74. The van der Waals surface area contributed by atoms with Crippen LogP contribution in [0.4, 0.5) is 5.69 Å². The minimum absolute atomic E-state index is 0.127. The normalized spacial score (nSPS) is 12.1. The van der Waals surface area contributed by atoms with E-state index in [0.29, 0.717) is 5.92 Å². The predicted molar refractivity (Wildman–Crippen MR) is 99.8 cm³/mol. The summed E-state index contributed by atoms with van der Waals surface area (Å²) in [7, 11) is 0. The molecule has 128 valence electrons. The highest BCUT2D eigenvalue weighted by atomic mass is 16.5. The molecule has 0 aliphatic carbocycles. The lowest BCUT2D eigenvalue weighted by Gasteiger charge is -2.20. The molecule has 3 heteroatoms. The summed E-state index contributed by atoms with van der Waals surface area (Å²) in [4.78, 5) is 12.6. The van der Waals surface area contributed by atoms with Crippen molar-refractivity contribution >= 4 is 11.6 Å². The number of amides is 1. The zero-order chi connectivity index (χ0) is 17.7. The van der Waals surface area contributed by atoms with E-state index in [1.54, 1.807) is 6.92 Å². The van der Waals surface area contributed by atoms with Crippen LogP contribution in [0.15, 0.2) is 42.5 Å². The second-order valence-corrected chi connectivity index (χ2v) is 6.40. The first-order chi connectivity index (χ1) is 11.4. The van der Waals surface area contributed by atoms with E-state index in [2.05, 4.69) is 26.1 Å². The van der Waals surface area contributed by atoms with Gasteiger partial charge in [-0.3, -0.25) is 4.79 Å². The first-order valence-corrected chi connectivity index (χ1v) is 8.59. The molecular weight excluding hydrogens is 298 g/mol. The van der Waals surface area contributed by atoms with Crippen molar-refractivity contribution in [2.45, 2.75) is 53.1 Å². The largest absolute Gasteiger partial charge is 0.481 e. The molecule has 2 aromatic carbocycles. The number of aryl methyl sites for hydroxylation is 2. The van der Waals surface area contributed by atoms with Gasteiger partial charge in [0.05, 0.1) is 0 Å². The summed E-state index contributed by atoms with van der Waals surface area (Å²) in [5.74, 6) is 0.993. The molecule has 0 bridgehead atoms. The van der Waals surface area contributed by atoms with Crippen LogP contribution in [0.3, 0.4) is 0 Å². The van der Waals surface area contributed by atoms with Crippen LogP contribution >= 0.6 is 0 Å². The average molecular weight is 325 g/mol. The molecule has 2 rings (SSSR count). The van der Waals surface area contributed by atoms with Gasteiger partial charge in [0.1, 0.15) is 5.75 Å². The van der Waals surface area contributed by atoms with Crippen molar-refractivity contribution in [3.05, 3.63) is 59.2 Å². The molecule has 1 amide bonds. The van der Waals surface area contributed by atoms with E-state index in [1.165, 1.54) is 0 Å². The van der Waals surface area contributed by atoms with Crippen molar-refractivity contribution in [1.82, 2.24) is 0 Å². The van der Waals surface area contributed by atoms with Crippen molar-refractivity contribution in [1.29, 1.82) is 0 Å². The highest BCUT2D eigenvalue weighted by molar-refractivity contribution is 5.95. The highest BCUT2D eigenvalue weighted by Crippen LogP contribution is 2.27. The molecule has 0 fully saturated rings. The van der Waals surface area contributed by atoms with Gasteiger partial charge in [0.15, 0.2) is 6.10 Å². The topological polar surface area (TPSA) is 38.3 Å². The molecule has 1 N–H and O–H groups in total. The summed E-state index contributed by atoms with van der Waals surface area (Å²) in [5.41, 5.74) is 4.22. The van der Waals surface area contributed by atoms with Crippen molar-refractivity contribution in [3.63, 3.8) is 0 Å². The summed E-state index contributed by atoms with van der Waals surface area (Å²) in [6.45, 7) is 10.1.